The fourth-order valence-electron chi connectivity index (χ4n) is 1.37. The minimum Gasteiger partial charge on any atom is -0.456 e. The van der Waals surface area contributed by atoms with E-state index >= 15 is 0 Å². The monoisotopic (exact) mass is 191 g/mol. The lowest BCUT2D eigenvalue weighted by atomic mass is 10.1. The Morgan fingerprint density at radius 2 is 2.14 bits per heavy atom. The molecule has 3 nitrogen and oxygen atoms in total. The van der Waals surface area contributed by atoms with Gasteiger partial charge in [-0.15, -0.1) is 0 Å². The Kier molecular flexibility index (Phi) is 2.50. The number of nitrogens with one attached hydrogen (secondary N) is 1. The summed E-state index contributed by atoms with van der Waals surface area (Å²) in [7, 11) is 0. The number of carbonyl (C=O) groups is 1. The molecule has 1 aliphatic heterocycles. The molecule has 1 fully saturated rings. The summed E-state index contributed by atoms with van der Waals surface area (Å²) in [6.45, 7) is 2.77. The third-order valence-corrected chi connectivity index (χ3v) is 2.47. The molecular weight excluding hydrogens is 178 g/mol. The lowest BCUT2D eigenvalue weighted by Crippen LogP contribution is -2.57. The zero-order chi connectivity index (χ0) is 9.97. The van der Waals surface area contributed by atoms with Crippen LogP contribution >= 0.6 is 0 Å². The number of hydrogen-bond acceptors (Lipinski definition) is 3. The van der Waals surface area contributed by atoms with Crippen molar-refractivity contribution in [2.24, 2.45) is 0 Å². The van der Waals surface area contributed by atoms with Gasteiger partial charge in [0, 0.05) is 12.6 Å². The van der Waals surface area contributed by atoms with Crippen molar-refractivity contribution in [1.29, 1.82) is 0 Å². The van der Waals surface area contributed by atoms with Gasteiger partial charge in [0.25, 0.3) is 0 Å². The molecule has 2 atom stereocenters. The van der Waals surface area contributed by atoms with Gasteiger partial charge in [-0.05, 0) is 19.1 Å². The van der Waals surface area contributed by atoms with Gasteiger partial charge in [-0.2, -0.15) is 0 Å². The Morgan fingerprint density at radius 1 is 1.43 bits per heavy atom. The minimum atomic E-state index is -0.232. The number of rotatable bonds is 2. The quantitative estimate of drug-likeness (QED) is 0.714. The van der Waals surface area contributed by atoms with E-state index in [1.807, 2.05) is 25.1 Å². The highest BCUT2D eigenvalue weighted by molar-refractivity contribution is 5.89. The summed E-state index contributed by atoms with van der Waals surface area (Å²) in [5.41, 5.74) is 0.617. The van der Waals surface area contributed by atoms with Crippen molar-refractivity contribution in [3.63, 3.8) is 0 Å². The first-order valence-electron chi connectivity index (χ1n) is 4.77. The molecule has 1 heterocycles. The van der Waals surface area contributed by atoms with Gasteiger partial charge in [0.1, 0.15) is 6.10 Å². The molecule has 1 aromatic carbocycles. The summed E-state index contributed by atoms with van der Waals surface area (Å²) < 4.78 is 5.28. The Hall–Kier alpha value is -1.35. The SMILES string of the molecule is C[C@H]1NC[C@@H]1OC(=O)c1ccccc1. The number of ether oxygens (including phenoxy) is 1. The van der Waals surface area contributed by atoms with Gasteiger partial charge in [0.15, 0.2) is 0 Å². The van der Waals surface area contributed by atoms with E-state index < -0.39 is 0 Å². The third kappa shape index (κ3) is 1.77. The lowest BCUT2D eigenvalue weighted by molar-refractivity contribution is 0.000743. The molecule has 14 heavy (non-hydrogen) atoms. The number of carbonyl (C=O) groups excluding carboxylic acids is 1. The molecular formula is C11H13NO2. The normalized spacial score (nSPS) is 25.2. The van der Waals surface area contributed by atoms with E-state index in [9.17, 15) is 4.79 Å². The van der Waals surface area contributed by atoms with Crippen molar-refractivity contribution in [3.8, 4) is 0 Å². The Morgan fingerprint density at radius 3 is 2.64 bits per heavy atom. The standard InChI is InChI=1S/C11H13NO2/c1-8-10(7-12-8)14-11(13)9-5-3-2-4-6-9/h2-6,8,10,12H,7H2,1H3/t8-,10+/m1/s1. The number of benzene rings is 1. The van der Waals surface area contributed by atoms with Crippen LogP contribution < -0.4 is 5.32 Å². The van der Waals surface area contributed by atoms with Crippen molar-refractivity contribution >= 4 is 5.97 Å². The predicted octanol–water partition coefficient (Wildman–Crippen LogP) is 1.20. The molecule has 0 saturated carbocycles. The van der Waals surface area contributed by atoms with Crippen LogP contribution in [0.25, 0.3) is 0 Å². The Balaban J connectivity index is 1.96. The van der Waals surface area contributed by atoms with Gasteiger partial charge >= 0.3 is 5.97 Å². The lowest BCUT2D eigenvalue weighted by Gasteiger charge is -2.34. The maximum atomic E-state index is 11.5. The largest absolute Gasteiger partial charge is 0.456 e. The van der Waals surface area contributed by atoms with Crippen LogP contribution in [0.1, 0.15) is 17.3 Å². The molecule has 1 saturated heterocycles. The van der Waals surface area contributed by atoms with Crippen LogP contribution in [0.5, 0.6) is 0 Å². The maximum absolute atomic E-state index is 11.5. The smallest absolute Gasteiger partial charge is 0.338 e. The second kappa shape index (κ2) is 3.80. The summed E-state index contributed by atoms with van der Waals surface area (Å²) in [5.74, 6) is -0.232. The minimum absolute atomic E-state index is 0.0303. The van der Waals surface area contributed by atoms with Gasteiger partial charge in [-0.25, -0.2) is 4.79 Å². The molecule has 0 bridgehead atoms. The van der Waals surface area contributed by atoms with Gasteiger partial charge in [-0.3, -0.25) is 0 Å². The van der Waals surface area contributed by atoms with Crippen molar-refractivity contribution in [2.45, 2.75) is 19.1 Å². The zero-order valence-electron chi connectivity index (χ0n) is 8.07. The second-order valence-corrected chi connectivity index (χ2v) is 3.51. The predicted molar refractivity (Wildman–Crippen MR) is 53.1 cm³/mol. The van der Waals surface area contributed by atoms with Crippen LogP contribution in [0.3, 0.4) is 0 Å². The Labute approximate surface area is 83.1 Å². The van der Waals surface area contributed by atoms with Gasteiger partial charge in [0.05, 0.1) is 5.56 Å². The molecule has 1 aliphatic rings. The van der Waals surface area contributed by atoms with E-state index in [2.05, 4.69) is 5.32 Å². The van der Waals surface area contributed by atoms with Crippen molar-refractivity contribution in [1.82, 2.24) is 5.32 Å². The first-order valence-corrected chi connectivity index (χ1v) is 4.77. The van der Waals surface area contributed by atoms with E-state index in [-0.39, 0.29) is 18.1 Å². The first kappa shape index (κ1) is 9.21. The molecule has 3 heteroatoms. The molecule has 0 aromatic heterocycles. The third-order valence-electron chi connectivity index (χ3n) is 2.47. The van der Waals surface area contributed by atoms with Crippen molar-refractivity contribution < 1.29 is 9.53 Å². The van der Waals surface area contributed by atoms with E-state index in [0.717, 1.165) is 6.54 Å². The van der Waals surface area contributed by atoms with Gasteiger partial charge in [0.2, 0.25) is 0 Å². The highest BCUT2D eigenvalue weighted by Crippen LogP contribution is 2.11. The molecule has 0 aliphatic carbocycles. The summed E-state index contributed by atoms with van der Waals surface area (Å²) in [4.78, 5) is 11.5. The maximum Gasteiger partial charge on any atom is 0.338 e. The van der Waals surface area contributed by atoms with Gasteiger partial charge in [-0.1, -0.05) is 18.2 Å². The summed E-state index contributed by atoms with van der Waals surface area (Å²) in [6.07, 6.45) is 0.0303. The molecule has 2 rings (SSSR count). The number of esters is 1. The van der Waals surface area contributed by atoms with E-state index in [1.165, 1.54) is 0 Å². The van der Waals surface area contributed by atoms with E-state index in [1.54, 1.807) is 12.1 Å². The van der Waals surface area contributed by atoms with Crippen molar-refractivity contribution in [3.05, 3.63) is 35.9 Å². The molecule has 0 radical (unpaired) electrons. The van der Waals surface area contributed by atoms with E-state index in [4.69, 9.17) is 4.74 Å². The molecule has 0 amide bonds. The van der Waals surface area contributed by atoms with E-state index in [0.29, 0.717) is 5.56 Å². The van der Waals surface area contributed by atoms with Crippen LogP contribution in [0.4, 0.5) is 0 Å². The molecule has 0 unspecified atom stereocenters. The molecule has 74 valence electrons. The summed E-state index contributed by atoms with van der Waals surface area (Å²) in [5, 5.41) is 3.14. The molecule has 0 spiro atoms. The van der Waals surface area contributed by atoms with Crippen LogP contribution in [-0.2, 0) is 4.74 Å². The van der Waals surface area contributed by atoms with Crippen molar-refractivity contribution in [2.75, 3.05) is 6.54 Å². The van der Waals surface area contributed by atoms with Crippen LogP contribution in [-0.4, -0.2) is 24.7 Å². The summed E-state index contributed by atoms with van der Waals surface area (Å²) in [6, 6.07) is 9.35. The highest BCUT2D eigenvalue weighted by atomic mass is 16.5. The second-order valence-electron chi connectivity index (χ2n) is 3.51. The van der Waals surface area contributed by atoms with Crippen LogP contribution in [0.2, 0.25) is 0 Å². The topological polar surface area (TPSA) is 38.3 Å². The first-order chi connectivity index (χ1) is 6.77. The average molecular weight is 191 g/mol. The highest BCUT2D eigenvalue weighted by Gasteiger charge is 2.29. The van der Waals surface area contributed by atoms with Crippen LogP contribution in [0, 0.1) is 0 Å². The average Bonchev–Trinajstić information content (AvgIpc) is 2.24. The fourth-order valence-corrected chi connectivity index (χ4v) is 1.37. The Bertz CT molecular complexity index is 323. The fraction of sp³-hybridized carbons (Fsp3) is 0.364. The van der Waals surface area contributed by atoms with Gasteiger partial charge < -0.3 is 10.1 Å². The molecule has 1 aromatic rings. The van der Waals surface area contributed by atoms with Crippen LogP contribution in [0.15, 0.2) is 30.3 Å². The summed E-state index contributed by atoms with van der Waals surface area (Å²) >= 11 is 0. The zero-order valence-corrected chi connectivity index (χ0v) is 8.07. The number of hydrogen-bond donors (Lipinski definition) is 1. The molecule has 1 N–H and O–H groups in total.